The second-order valence-corrected chi connectivity index (χ2v) is 7.36. The van der Waals surface area contributed by atoms with Gasteiger partial charge in [-0.1, -0.05) is 30.3 Å². The van der Waals surface area contributed by atoms with Gasteiger partial charge in [0.2, 0.25) is 11.8 Å². The van der Waals surface area contributed by atoms with Crippen molar-refractivity contribution in [3.05, 3.63) is 65.2 Å². The Balaban J connectivity index is 1.74. The lowest BCUT2D eigenvalue weighted by atomic mass is 10.1. The summed E-state index contributed by atoms with van der Waals surface area (Å²) < 4.78 is 5.63. The smallest absolute Gasteiger partial charge is 0.258 e. The number of primary amides is 1. The van der Waals surface area contributed by atoms with Gasteiger partial charge >= 0.3 is 0 Å². The molecule has 0 radical (unpaired) electrons. The van der Waals surface area contributed by atoms with Gasteiger partial charge in [-0.3, -0.25) is 19.3 Å². The van der Waals surface area contributed by atoms with Gasteiger partial charge in [0.15, 0.2) is 6.10 Å². The topological polar surface area (TPSA) is 102 Å². The Hall–Kier alpha value is -3.32. The van der Waals surface area contributed by atoms with Crippen molar-refractivity contribution in [1.82, 2.24) is 5.32 Å². The summed E-state index contributed by atoms with van der Waals surface area (Å²) in [5, 5.41) is 3.71. The van der Waals surface area contributed by atoms with E-state index in [-0.39, 0.29) is 24.7 Å². The van der Waals surface area contributed by atoms with Crippen LogP contribution in [0.15, 0.2) is 49.0 Å². The maximum Gasteiger partial charge on any atom is 0.258 e. The Morgan fingerprint density at radius 3 is 2.60 bits per heavy atom. The highest BCUT2D eigenvalue weighted by atomic mass is 35.5. The van der Waals surface area contributed by atoms with E-state index >= 15 is 0 Å². The zero-order valence-electron chi connectivity index (χ0n) is 16.5. The van der Waals surface area contributed by atoms with E-state index in [1.54, 1.807) is 43.3 Å². The van der Waals surface area contributed by atoms with Crippen molar-refractivity contribution in [3.8, 4) is 5.75 Å². The highest BCUT2D eigenvalue weighted by molar-refractivity contribution is 6.30. The van der Waals surface area contributed by atoms with E-state index in [9.17, 15) is 14.4 Å². The molecule has 7 nitrogen and oxygen atoms in total. The molecule has 8 heteroatoms. The van der Waals surface area contributed by atoms with Gasteiger partial charge in [0, 0.05) is 35.7 Å². The average Bonchev–Trinajstić information content (AvgIpc) is 3.05. The Bertz CT molecular complexity index is 1010. The molecule has 2 aromatic carbocycles. The van der Waals surface area contributed by atoms with Crippen molar-refractivity contribution < 1.29 is 19.1 Å². The molecule has 1 fully saturated rings. The van der Waals surface area contributed by atoms with Crippen molar-refractivity contribution in [2.24, 2.45) is 5.73 Å². The molecule has 156 valence electrons. The normalized spacial score (nSPS) is 14.5. The minimum absolute atomic E-state index is 0.208. The predicted molar refractivity (Wildman–Crippen MR) is 115 cm³/mol. The SMILES string of the molecule is C=C(NCc1cc(Cl)ccc1OC(C)C(N)=O)c1cccc(N2C(=O)CCC2=O)c1. The average molecular weight is 428 g/mol. The van der Waals surface area contributed by atoms with Crippen LogP contribution >= 0.6 is 11.6 Å². The summed E-state index contributed by atoms with van der Waals surface area (Å²) in [6.45, 7) is 5.93. The second kappa shape index (κ2) is 9.00. The van der Waals surface area contributed by atoms with Crippen LogP contribution in [0.3, 0.4) is 0 Å². The van der Waals surface area contributed by atoms with Gasteiger partial charge in [-0.15, -0.1) is 0 Å². The second-order valence-electron chi connectivity index (χ2n) is 6.92. The van der Waals surface area contributed by atoms with E-state index in [4.69, 9.17) is 22.1 Å². The number of hydrogen-bond donors (Lipinski definition) is 2. The van der Waals surface area contributed by atoms with E-state index in [0.717, 1.165) is 11.1 Å². The molecular weight excluding hydrogens is 406 g/mol. The number of anilines is 1. The van der Waals surface area contributed by atoms with Crippen LogP contribution in [0.1, 0.15) is 30.9 Å². The zero-order chi connectivity index (χ0) is 21.8. The number of carbonyl (C=O) groups excluding carboxylic acids is 3. The molecule has 1 saturated heterocycles. The molecule has 2 aromatic rings. The number of ether oxygens (including phenoxy) is 1. The molecule has 0 bridgehead atoms. The Morgan fingerprint density at radius 1 is 1.23 bits per heavy atom. The third-order valence-corrected chi connectivity index (χ3v) is 4.96. The molecule has 0 aliphatic carbocycles. The van der Waals surface area contributed by atoms with E-state index in [2.05, 4.69) is 11.9 Å². The van der Waals surface area contributed by atoms with Crippen molar-refractivity contribution in [1.29, 1.82) is 0 Å². The lowest BCUT2D eigenvalue weighted by molar-refractivity contribution is -0.124. The van der Waals surface area contributed by atoms with Crippen molar-refractivity contribution in [2.45, 2.75) is 32.4 Å². The molecule has 3 amide bonds. The first-order valence-corrected chi connectivity index (χ1v) is 9.77. The summed E-state index contributed by atoms with van der Waals surface area (Å²) in [4.78, 5) is 36.5. The number of imide groups is 1. The molecule has 3 rings (SSSR count). The van der Waals surface area contributed by atoms with Crippen molar-refractivity contribution in [3.63, 3.8) is 0 Å². The summed E-state index contributed by atoms with van der Waals surface area (Å²) in [6, 6.07) is 12.1. The number of rotatable bonds is 8. The van der Waals surface area contributed by atoms with E-state index in [0.29, 0.717) is 28.7 Å². The number of hydrogen-bond acceptors (Lipinski definition) is 5. The van der Waals surface area contributed by atoms with Gasteiger partial charge in [0.1, 0.15) is 5.75 Å². The van der Waals surface area contributed by atoms with Crippen LogP contribution in [0, 0.1) is 0 Å². The number of carbonyl (C=O) groups is 3. The van der Waals surface area contributed by atoms with Crippen LogP contribution in [-0.2, 0) is 20.9 Å². The van der Waals surface area contributed by atoms with Crippen LogP contribution in [0.2, 0.25) is 5.02 Å². The molecule has 0 saturated carbocycles. The predicted octanol–water partition coefficient (Wildman–Crippen LogP) is 3.01. The van der Waals surface area contributed by atoms with E-state index in [1.807, 2.05) is 6.07 Å². The molecular formula is C22H22ClN3O4. The number of benzene rings is 2. The van der Waals surface area contributed by atoms with Gasteiger partial charge in [-0.05, 0) is 42.8 Å². The Labute approximate surface area is 179 Å². The first-order valence-electron chi connectivity index (χ1n) is 9.39. The van der Waals surface area contributed by atoms with E-state index in [1.165, 1.54) is 4.90 Å². The highest BCUT2D eigenvalue weighted by Crippen LogP contribution is 2.27. The molecule has 1 aliphatic rings. The van der Waals surface area contributed by atoms with Crippen molar-refractivity contribution in [2.75, 3.05) is 4.90 Å². The number of halogens is 1. The van der Waals surface area contributed by atoms with Crippen LogP contribution in [0.4, 0.5) is 5.69 Å². The third-order valence-electron chi connectivity index (χ3n) is 4.72. The highest BCUT2D eigenvalue weighted by Gasteiger charge is 2.30. The maximum absolute atomic E-state index is 12.0. The fraction of sp³-hybridized carbons (Fsp3) is 0.227. The molecule has 3 N–H and O–H groups in total. The molecule has 0 aromatic heterocycles. The fourth-order valence-electron chi connectivity index (χ4n) is 3.05. The van der Waals surface area contributed by atoms with Gasteiger partial charge in [0.05, 0.1) is 5.69 Å². The summed E-state index contributed by atoms with van der Waals surface area (Å²) in [7, 11) is 0. The number of nitrogens with one attached hydrogen (secondary N) is 1. The zero-order valence-corrected chi connectivity index (χ0v) is 17.2. The minimum atomic E-state index is -0.791. The van der Waals surface area contributed by atoms with Gasteiger partial charge in [-0.25, -0.2) is 0 Å². The monoisotopic (exact) mass is 427 g/mol. The Morgan fingerprint density at radius 2 is 1.93 bits per heavy atom. The molecule has 1 heterocycles. The first-order chi connectivity index (χ1) is 14.3. The third kappa shape index (κ3) is 4.80. The Kier molecular flexibility index (Phi) is 6.42. The summed E-state index contributed by atoms with van der Waals surface area (Å²) in [6.07, 6.45) is -0.340. The van der Waals surface area contributed by atoms with E-state index < -0.39 is 12.0 Å². The largest absolute Gasteiger partial charge is 0.481 e. The molecule has 1 unspecified atom stereocenters. The van der Waals surface area contributed by atoms with Gasteiger partial charge in [0.25, 0.3) is 5.91 Å². The molecule has 1 aliphatic heterocycles. The maximum atomic E-state index is 12.0. The quantitative estimate of drug-likeness (QED) is 0.630. The summed E-state index contributed by atoms with van der Waals surface area (Å²) in [5.74, 6) is -0.510. The van der Waals surface area contributed by atoms with Gasteiger partial charge < -0.3 is 15.8 Å². The van der Waals surface area contributed by atoms with Crippen LogP contribution < -0.4 is 20.7 Å². The number of amides is 3. The fourth-order valence-corrected chi connectivity index (χ4v) is 3.25. The first kappa shape index (κ1) is 21.4. The van der Waals surface area contributed by atoms with Crippen LogP contribution in [-0.4, -0.2) is 23.8 Å². The standard InChI is InChI=1S/C22H22ClN3O4/c1-13(15-4-3-5-18(11-15)26-20(27)8-9-21(26)28)25-12-16-10-17(23)6-7-19(16)30-14(2)22(24)29/h3-7,10-11,14,25H,1,8-9,12H2,2H3,(H2,24,29). The molecule has 1 atom stereocenters. The summed E-state index contributed by atoms with van der Waals surface area (Å²) in [5.41, 5.74) is 7.83. The number of nitrogens with zero attached hydrogens (tertiary/aromatic N) is 1. The number of nitrogens with two attached hydrogens (primary N) is 1. The summed E-state index contributed by atoms with van der Waals surface area (Å²) >= 11 is 6.10. The van der Waals surface area contributed by atoms with Gasteiger partial charge in [-0.2, -0.15) is 0 Å². The van der Waals surface area contributed by atoms with Crippen LogP contribution in [0.5, 0.6) is 5.75 Å². The minimum Gasteiger partial charge on any atom is -0.481 e. The lowest BCUT2D eigenvalue weighted by Gasteiger charge is -2.18. The lowest BCUT2D eigenvalue weighted by Crippen LogP contribution is -2.31. The molecule has 30 heavy (non-hydrogen) atoms. The van der Waals surface area contributed by atoms with Crippen molar-refractivity contribution >= 4 is 40.7 Å². The van der Waals surface area contributed by atoms with Crippen LogP contribution in [0.25, 0.3) is 5.70 Å². The molecule has 0 spiro atoms.